The van der Waals surface area contributed by atoms with Crippen LogP contribution in [0.2, 0.25) is 0 Å². The molecule has 2 aliphatic rings. The van der Waals surface area contributed by atoms with Crippen molar-refractivity contribution in [3.63, 3.8) is 0 Å². The number of alkyl halides is 3. The van der Waals surface area contributed by atoms with Crippen LogP contribution in [-0.4, -0.2) is 71.6 Å². The number of carbonyl (C=O) groups is 1. The first kappa shape index (κ1) is 21.7. The van der Waals surface area contributed by atoms with Crippen molar-refractivity contribution in [1.29, 1.82) is 0 Å². The first-order valence-corrected chi connectivity index (χ1v) is 10.5. The van der Waals surface area contributed by atoms with E-state index in [0.717, 1.165) is 37.2 Å². The van der Waals surface area contributed by atoms with Gasteiger partial charge in [0.15, 0.2) is 0 Å². The second-order valence-corrected chi connectivity index (χ2v) is 7.98. The number of hydrogen-bond acceptors (Lipinski definition) is 5. The van der Waals surface area contributed by atoms with Crippen molar-refractivity contribution in [3.05, 3.63) is 47.9 Å². The number of ether oxygens (including phenoxy) is 1. The number of carbonyl (C=O) groups excluding carboxylic acids is 1. The second-order valence-electron chi connectivity index (χ2n) is 7.98. The summed E-state index contributed by atoms with van der Waals surface area (Å²) in [7, 11) is 0. The van der Waals surface area contributed by atoms with Crippen LogP contribution in [-0.2, 0) is 15.7 Å². The highest BCUT2D eigenvalue weighted by molar-refractivity contribution is 5.78. The molecule has 3 heterocycles. The van der Waals surface area contributed by atoms with E-state index in [4.69, 9.17) is 4.74 Å². The summed E-state index contributed by atoms with van der Waals surface area (Å²) >= 11 is 0. The molecule has 1 unspecified atom stereocenters. The molecule has 0 N–H and O–H groups in total. The number of aromatic nitrogens is 2. The fourth-order valence-corrected chi connectivity index (χ4v) is 4.12. The number of likely N-dealkylation sites (tertiary alicyclic amines) is 1. The predicted molar refractivity (Wildman–Crippen MR) is 108 cm³/mol. The molecule has 2 saturated heterocycles. The first-order valence-electron chi connectivity index (χ1n) is 10.5. The predicted octanol–water partition coefficient (Wildman–Crippen LogP) is 3.20. The molecule has 2 aliphatic heterocycles. The molecular weight excluding hydrogens is 409 g/mol. The van der Waals surface area contributed by atoms with Gasteiger partial charge < -0.3 is 9.64 Å². The summed E-state index contributed by atoms with van der Waals surface area (Å²) in [5.74, 6) is 0.192. The Hall–Kier alpha value is -2.52. The zero-order valence-electron chi connectivity index (χ0n) is 17.1. The Kier molecular flexibility index (Phi) is 6.52. The van der Waals surface area contributed by atoms with E-state index in [9.17, 15) is 18.0 Å². The summed E-state index contributed by atoms with van der Waals surface area (Å²) in [6.45, 7) is 4.28. The van der Waals surface area contributed by atoms with Crippen LogP contribution in [0.4, 0.5) is 13.2 Å². The van der Waals surface area contributed by atoms with Crippen LogP contribution in [0.5, 0.6) is 0 Å². The van der Waals surface area contributed by atoms with Crippen molar-refractivity contribution in [2.75, 3.05) is 45.9 Å². The topological polar surface area (TPSA) is 58.6 Å². The minimum atomic E-state index is -4.40. The van der Waals surface area contributed by atoms with Crippen molar-refractivity contribution in [2.24, 2.45) is 0 Å². The molecular formula is C22H25F3N4O2. The van der Waals surface area contributed by atoms with Crippen LogP contribution in [0.1, 0.15) is 30.0 Å². The quantitative estimate of drug-likeness (QED) is 0.740. The summed E-state index contributed by atoms with van der Waals surface area (Å²) in [5.41, 5.74) is 0.852. The Balaban J connectivity index is 1.45. The number of rotatable bonds is 4. The Morgan fingerprint density at radius 3 is 2.74 bits per heavy atom. The van der Waals surface area contributed by atoms with E-state index < -0.39 is 11.7 Å². The van der Waals surface area contributed by atoms with Gasteiger partial charge in [-0.3, -0.25) is 14.7 Å². The van der Waals surface area contributed by atoms with Crippen LogP contribution in [0.3, 0.4) is 0 Å². The van der Waals surface area contributed by atoms with Crippen molar-refractivity contribution in [1.82, 2.24) is 19.8 Å². The molecule has 1 amide bonds. The molecule has 1 aromatic heterocycles. The van der Waals surface area contributed by atoms with Crippen LogP contribution in [0, 0.1) is 0 Å². The van der Waals surface area contributed by atoms with E-state index in [1.807, 2.05) is 4.90 Å². The third-order valence-corrected chi connectivity index (χ3v) is 5.79. The number of piperidine rings is 1. The van der Waals surface area contributed by atoms with E-state index in [0.29, 0.717) is 50.7 Å². The van der Waals surface area contributed by atoms with E-state index in [-0.39, 0.29) is 11.8 Å². The lowest BCUT2D eigenvalue weighted by atomic mass is 9.94. The highest BCUT2D eigenvalue weighted by Gasteiger charge is 2.31. The molecule has 0 saturated carbocycles. The molecule has 31 heavy (non-hydrogen) atoms. The van der Waals surface area contributed by atoms with Gasteiger partial charge in [0.05, 0.1) is 42.9 Å². The van der Waals surface area contributed by atoms with Gasteiger partial charge in [0.25, 0.3) is 0 Å². The average Bonchev–Trinajstić information content (AvgIpc) is 2.79. The molecule has 2 aromatic rings. The molecule has 0 bridgehead atoms. The number of benzene rings is 1. The Labute approximate surface area is 179 Å². The fourth-order valence-electron chi connectivity index (χ4n) is 4.12. The number of hydrogen-bond donors (Lipinski definition) is 0. The molecule has 0 radical (unpaired) electrons. The van der Waals surface area contributed by atoms with E-state index in [1.54, 1.807) is 12.3 Å². The summed E-state index contributed by atoms with van der Waals surface area (Å²) in [6.07, 6.45) is 0.591. The second kappa shape index (κ2) is 9.32. The zero-order valence-corrected chi connectivity index (χ0v) is 17.1. The van der Waals surface area contributed by atoms with Gasteiger partial charge in [0, 0.05) is 37.3 Å². The molecule has 2 fully saturated rings. The van der Waals surface area contributed by atoms with Crippen LogP contribution < -0.4 is 0 Å². The lowest BCUT2D eigenvalue weighted by Gasteiger charge is -2.34. The standard InChI is InChI=1S/C22H25F3N4O2/c23-22(24,25)18-5-1-3-16(11-18)19-12-26-13-20(27-19)17-4-2-6-28(14-17)15-21(30)29-7-9-31-10-8-29/h1,3,5,11-13,17H,2,4,6-10,14-15H2. The molecule has 9 heteroatoms. The number of amides is 1. The van der Waals surface area contributed by atoms with E-state index in [2.05, 4.69) is 14.9 Å². The summed E-state index contributed by atoms with van der Waals surface area (Å²) in [6, 6.07) is 5.14. The van der Waals surface area contributed by atoms with Gasteiger partial charge in [-0.2, -0.15) is 13.2 Å². The average molecular weight is 434 g/mol. The Morgan fingerprint density at radius 1 is 1.16 bits per heavy atom. The number of halogens is 3. The molecule has 6 nitrogen and oxygen atoms in total. The highest BCUT2D eigenvalue weighted by Crippen LogP contribution is 2.32. The first-order chi connectivity index (χ1) is 14.9. The SMILES string of the molecule is O=C(CN1CCCC(c2cncc(-c3cccc(C(F)(F)F)c3)n2)C1)N1CCOCC1. The smallest absolute Gasteiger partial charge is 0.378 e. The van der Waals surface area contributed by atoms with E-state index >= 15 is 0 Å². The van der Waals surface area contributed by atoms with E-state index in [1.165, 1.54) is 12.3 Å². The molecule has 1 atom stereocenters. The van der Waals surface area contributed by atoms with Gasteiger partial charge in [0.2, 0.25) is 5.91 Å². The Bertz CT molecular complexity index is 916. The third-order valence-electron chi connectivity index (χ3n) is 5.79. The van der Waals surface area contributed by atoms with Gasteiger partial charge in [-0.1, -0.05) is 12.1 Å². The Morgan fingerprint density at radius 2 is 1.97 bits per heavy atom. The molecule has 0 aliphatic carbocycles. The lowest BCUT2D eigenvalue weighted by molar-refractivity contribution is -0.138. The van der Waals surface area contributed by atoms with Crippen molar-refractivity contribution in [3.8, 4) is 11.3 Å². The van der Waals surface area contributed by atoms with Crippen LogP contribution in [0.15, 0.2) is 36.7 Å². The largest absolute Gasteiger partial charge is 0.416 e. The minimum absolute atomic E-state index is 0.0875. The molecule has 0 spiro atoms. The maximum atomic E-state index is 13.1. The van der Waals surface area contributed by atoms with Crippen LogP contribution >= 0.6 is 0 Å². The third kappa shape index (κ3) is 5.40. The summed E-state index contributed by atoms with van der Waals surface area (Å²) in [4.78, 5) is 25.4. The minimum Gasteiger partial charge on any atom is -0.378 e. The normalized spacial score (nSPS) is 20.6. The zero-order chi connectivity index (χ0) is 21.8. The molecule has 1 aromatic carbocycles. The van der Waals surface area contributed by atoms with Gasteiger partial charge in [-0.15, -0.1) is 0 Å². The summed E-state index contributed by atoms with van der Waals surface area (Å²) in [5, 5.41) is 0. The highest BCUT2D eigenvalue weighted by atomic mass is 19.4. The van der Waals surface area contributed by atoms with Crippen molar-refractivity contribution >= 4 is 5.91 Å². The number of morpholine rings is 1. The van der Waals surface area contributed by atoms with Gasteiger partial charge in [-0.05, 0) is 31.5 Å². The maximum absolute atomic E-state index is 13.1. The van der Waals surface area contributed by atoms with Crippen molar-refractivity contribution in [2.45, 2.75) is 24.9 Å². The lowest BCUT2D eigenvalue weighted by Crippen LogP contribution is -2.47. The fraction of sp³-hybridized carbons (Fsp3) is 0.500. The van der Waals surface area contributed by atoms with Gasteiger partial charge in [0.1, 0.15) is 0 Å². The van der Waals surface area contributed by atoms with Gasteiger partial charge in [-0.25, -0.2) is 4.98 Å². The van der Waals surface area contributed by atoms with Crippen molar-refractivity contribution < 1.29 is 22.7 Å². The maximum Gasteiger partial charge on any atom is 0.416 e. The molecule has 4 rings (SSSR count). The monoisotopic (exact) mass is 434 g/mol. The number of nitrogens with zero attached hydrogens (tertiary/aromatic N) is 4. The summed E-state index contributed by atoms with van der Waals surface area (Å²) < 4.78 is 44.5. The molecule has 166 valence electrons. The van der Waals surface area contributed by atoms with Crippen LogP contribution in [0.25, 0.3) is 11.3 Å². The van der Waals surface area contributed by atoms with Gasteiger partial charge >= 0.3 is 6.18 Å².